The molecule has 1 aromatic rings. The van der Waals surface area contributed by atoms with E-state index >= 15 is 0 Å². The van der Waals surface area contributed by atoms with Gasteiger partial charge in [-0.05, 0) is 44.7 Å². The molecule has 160 valence electrons. The average Bonchev–Trinajstić information content (AvgIpc) is 3.46. The lowest BCUT2D eigenvalue weighted by molar-refractivity contribution is -0.128. The summed E-state index contributed by atoms with van der Waals surface area (Å²) in [6.07, 6.45) is 5.63. The van der Waals surface area contributed by atoms with Gasteiger partial charge >= 0.3 is 0 Å². The normalized spacial score (nSPS) is 23.8. The fourth-order valence-corrected chi connectivity index (χ4v) is 4.52. The van der Waals surface area contributed by atoms with Crippen LogP contribution in [0.2, 0.25) is 0 Å². The van der Waals surface area contributed by atoms with E-state index in [4.69, 9.17) is 14.7 Å². The second-order valence-electron chi connectivity index (χ2n) is 9.16. The number of piperidine rings is 1. The van der Waals surface area contributed by atoms with E-state index in [1.165, 1.54) is 19.4 Å². The fourth-order valence-electron chi connectivity index (χ4n) is 4.52. The van der Waals surface area contributed by atoms with Gasteiger partial charge in [-0.15, -0.1) is 0 Å². The highest BCUT2D eigenvalue weighted by molar-refractivity contribution is 5.79. The Morgan fingerprint density at radius 1 is 1.14 bits per heavy atom. The fraction of sp³-hybridized carbons (Fsp3) is 0.773. The second kappa shape index (κ2) is 8.96. The molecule has 7 nitrogen and oxygen atoms in total. The summed E-state index contributed by atoms with van der Waals surface area (Å²) in [6, 6.07) is 2.07. The predicted molar refractivity (Wildman–Crippen MR) is 113 cm³/mol. The number of aromatic nitrogens is 2. The molecule has 1 saturated carbocycles. The number of likely N-dealkylation sites (tertiary alicyclic amines) is 2. The second-order valence-corrected chi connectivity index (χ2v) is 9.16. The number of ether oxygens (including phenoxy) is 1. The van der Waals surface area contributed by atoms with Gasteiger partial charge in [-0.3, -0.25) is 4.79 Å². The van der Waals surface area contributed by atoms with Crippen LogP contribution >= 0.6 is 0 Å². The van der Waals surface area contributed by atoms with Gasteiger partial charge < -0.3 is 19.4 Å². The maximum atomic E-state index is 12.4. The molecule has 0 unspecified atom stereocenters. The van der Waals surface area contributed by atoms with Gasteiger partial charge in [0.1, 0.15) is 11.6 Å². The zero-order valence-corrected chi connectivity index (χ0v) is 18.1. The Balaban J connectivity index is 1.47. The molecule has 1 aliphatic carbocycles. The van der Waals surface area contributed by atoms with Crippen LogP contribution in [0, 0.1) is 5.92 Å². The summed E-state index contributed by atoms with van der Waals surface area (Å²) in [4.78, 5) is 28.9. The van der Waals surface area contributed by atoms with E-state index in [0.717, 1.165) is 55.7 Å². The van der Waals surface area contributed by atoms with E-state index in [0.29, 0.717) is 25.5 Å². The SMILES string of the molecule is COCCN1C[C@@H](c2cc(N(C)C)nc(C3CCN(CC4CC4)CC3)n2)CC1=O. The van der Waals surface area contributed by atoms with Crippen molar-refractivity contribution in [1.29, 1.82) is 0 Å². The topological polar surface area (TPSA) is 61.8 Å². The Kier molecular flexibility index (Phi) is 6.35. The van der Waals surface area contributed by atoms with Crippen molar-refractivity contribution in [3.05, 3.63) is 17.6 Å². The van der Waals surface area contributed by atoms with E-state index in [1.807, 2.05) is 19.0 Å². The highest BCUT2D eigenvalue weighted by atomic mass is 16.5. The molecule has 0 aromatic carbocycles. The Labute approximate surface area is 174 Å². The number of hydrogen-bond acceptors (Lipinski definition) is 6. The van der Waals surface area contributed by atoms with E-state index in [9.17, 15) is 4.79 Å². The molecule has 4 rings (SSSR count). The molecular formula is C22H35N5O2. The lowest BCUT2D eigenvalue weighted by Crippen LogP contribution is -2.35. The molecule has 0 spiro atoms. The molecule has 2 aliphatic heterocycles. The van der Waals surface area contributed by atoms with Gasteiger partial charge in [0.25, 0.3) is 0 Å². The van der Waals surface area contributed by atoms with Crippen molar-refractivity contribution in [3.8, 4) is 0 Å². The first-order valence-electron chi connectivity index (χ1n) is 11.1. The van der Waals surface area contributed by atoms with Crippen molar-refractivity contribution >= 4 is 11.7 Å². The van der Waals surface area contributed by atoms with Crippen LogP contribution in [-0.2, 0) is 9.53 Å². The van der Waals surface area contributed by atoms with E-state index in [-0.39, 0.29) is 11.8 Å². The number of anilines is 1. The average molecular weight is 402 g/mol. The summed E-state index contributed by atoms with van der Waals surface area (Å²) in [5, 5.41) is 0. The van der Waals surface area contributed by atoms with Crippen LogP contribution in [0.1, 0.15) is 55.5 Å². The molecule has 0 radical (unpaired) electrons. The number of carbonyl (C=O) groups is 1. The first-order chi connectivity index (χ1) is 14.0. The quantitative estimate of drug-likeness (QED) is 0.665. The van der Waals surface area contributed by atoms with Crippen molar-refractivity contribution in [2.24, 2.45) is 5.92 Å². The molecule has 3 aliphatic rings. The van der Waals surface area contributed by atoms with E-state index in [2.05, 4.69) is 15.9 Å². The number of hydrogen-bond donors (Lipinski definition) is 0. The predicted octanol–water partition coefficient (Wildman–Crippen LogP) is 2.09. The molecule has 0 bridgehead atoms. The van der Waals surface area contributed by atoms with Gasteiger partial charge in [-0.25, -0.2) is 9.97 Å². The first-order valence-corrected chi connectivity index (χ1v) is 11.1. The van der Waals surface area contributed by atoms with E-state index < -0.39 is 0 Å². The summed E-state index contributed by atoms with van der Waals surface area (Å²) < 4.78 is 5.15. The number of nitrogens with zero attached hydrogens (tertiary/aromatic N) is 5. The number of amides is 1. The monoisotopic (exact) mass is 401 g/mol. The molecule has 1 amide bonds. The third kappa shape index (κ3) is 5.07. The molecule has 3 fully saturated rings. The van der Waals surface area contributed by atoms with Crippen molar-refractivity contribution in [1.82, 2.24) is 19.8 Å². The largest absolute Gasteiger partial charge is 0.383 e. The molecule has 3 heterocycles. The summed E-state index contributed by atoms with van der Waals surface area (Å²) in [5.74, 6) is 3.65. The molecule has 1 aromatic heterocycles. The van der Waals surface area contributed by atoms with Gasteiger partial charge in [0, 0.05) is 65.2 Å². The highest BCUT2D eigenvalue weighted by Gasteiger charge is 2.33. The smallest absolute Gasteiger partial charge is 0.223 e. The number of methoxy groups -OCH3 is 1. The molecule has 2 saturated heterocycles. The van der Waals surface area contributed by atoms with Gasteiger partial charge in [-0.2, -0.15) is 0 Å². The molecule has 0 N–H and O–H groups in total. The van der Waals surface area contributed by atoms with Crippen LogP contribution < -0.4 is 4.90 Å². The minimum Gasteiger partial charge on any atom is -0.383 e. The van der Waals surface area contributed by atoms with Gasteiger partial charge in [0.2, 0.25) is 5.91 Å². The third-order valence-corrected chi connectivity index (χ3v) is 6.57. The van der Waals surface area contributed by atoms with Gasteiger partial charge in [-0.1, -0.05) is 0 Å². The van der Waals surface area contributed by atoms with Crippen molar-refractivity contribution in [3.63, 3.8) is 0 Å². The Morgan fingerprint density at radius 3 is 2.55 bits per heavy atom. The molecule has 7 heteroatoms. The van der Waals surface area contributed by atoms with Crippen LogP contribution in [-0.4, -0.2) is 86.2 Å². The summed E-state index contributed by atoms with van der Waals surface area (Å²) in [6.45, 7) is 5.54. The standard InChI is InChI=1S/C22H35N5O2/c1-25(2)20-13-19(18-12-21(28)27(15-18)10-11-29-3)23-22(24-20)17-6-8-26(9-7-17)14-16-4-5-16/h13,16-18H,4-12,14-15H2,1-3H3/t18-/m0/s1. The van der Waals surface area contributed by atoms with Crippen LogP contribution in [0.5, 0.6) is 0 Å². The van der Waals surface area contributed by atoms with Crippen LogP contribution in [0.25, 0.3) is 0 Å². The maximum absolute atomic E-state index is 12.4. The van der Waals surface area contributed by atoms with Gasteiger partial charge in [0.05, 0.1) is 12.3 Å². The van der Waals surface area contributed by atoms with Crippen molar-refractivity contribution < 1.29 is 9.53 Å². The molecule has 1 atom stereocenters. The number of carbonyl (C=O) groups excluding carboxylic acids is 1. The Bertz CT molecular complexity index is 713. The summed E-state index contributed by atoms with van der Waals surface area (Å²) in [5.41, 5.74) is 1.02. The van der Waals surface area contributed by atoms with Crippen LogP contribution in [0.15, 0.2) is 6.07 Å². The van der Waals surface area contributed by atoms with E-state index in [1.54, 1.807) is 7.11 Å². The van der Waals surface area contributed by atoms with Crippen LogP contribution in [0.4, 0.5) is 5.82 Å². The maximum Gasteiger partial charge on any atom is 0.223 e. The zero-order valence-electron chi connectivity index (χ0n) is 18.1. The molecular weight excluding hydrogens is 366 g/mol. The van der Waals surface area contributed by atoms with Crippen LogP contribution in [0.3, 0.4) is 0 Å². The Hall–Kier alpha value is -1.73. The van der Waals surface area contributed by atoms with Crippen molar-refractivity contribution in [2.45, 2.75) is 43.9 Å². The minimum atomic E-state index is 0.148. The first kappa shape index (κ1) is 20.5. The lowest BCUT2D eigenvalue weighted by Gasteiger charge is -2.31. The Morgan fingerprint density at radius 2 is 1.90 bits per heavy atom. The van der Waals surface area contributed by atoms with Crippen molar-refractivity contribution in [2.75, 3.05) is 65.4 Å². The van der Waals surface area contributed by atoms with Gasteiger partial charge in [0.15, 0.2) is 0 Å². The number of rotatable bonds is 8. The summed E-state index contributed by atoms with van der Waals surface area (Å²) >= 11 is 0. The summed E-state index contributed by atoms with van der Waals surface area (Å²) in [7, 11) is 5.73. The lowest BCUT2D eigenvalue weighted by atomic mass is 9.95. The minimum absolute atomic E-state index is 0.148. The zero-order chi connectivity index (χ0) is 20.4. The highest BCUT2D eigenvalue weighted by Crippen LogP contribution is 2.34. The third-order valence-electron chi connectivity index (χ3n) is 6.57. The molecule has 29 heavy (non-hydrogen) atoms.